The maximum absolute atomic E-state index is 13.8. The van der Waals surface area contributed by atoms with Gasteiger partial charge in [0.2, 0.25) is 0 Å². The first kappa shape index (κ1) is 12.0. The van der Waals surface area contributed by atoms with Crippen LogP contribution in [0.2, 0.25) is 0 Å². The van der Waals surface area contributed by atoms with Gasteiger partial charge in [-0.15, -0.1) is 0 Å². The van der Waals surface area contributed by atoms with E-state index in [0.717, 1.165) is 0 Å². The molecule has 0 radical (unpaired) electrons. The number of aryl methyl sites for hydroxylation is 1. The normalized spacial score (nSPS) is 17.2. The van der Waals surface area contributed by atoms with E-state index in [9.17, 15) is 14.3 Å². The van der Waals surface area contributed by atoms with Crippen LogP contribution in [0, 0.1) is 12.7 Å². The van der Waals surface area contributed by atoms with E-state index in [4.69, 9.17) is 0 Å². The second-order valence-corrected chi connectivity index (χ2v) is 4.46. The van der Waals surface area contributed by atoms with Crippen molar-refractivity contribution in [3.05, 3.63) is 35.1 Å². The SMILES string of the molecule is Cc1cccc(C(=O)N2CCC(O)CC2)c1F. The van der Waals surface area contributed by atoms with Gasteiger partial charge < -0.3 is 10.0 Å². The van der Waals surface area contributed by atoms with Gasteiger partial charge in [-0.25, -0.2) is 4.39 Å². The Morgan fingerprint density at radius 2 is 2.06 bits per heavy atom. The molecule has 1 amide bonds. The highest BCUT2D eigenvalue weighted by molar-refractivity contribution is 5.94. The van der Waals surface area contributed by atoms with Crippen LogP contribution in [0.15, 0.2) is 18.2 Å². The van der Waals surface area contributed by atoms with Crippen LogP contribution in [0.5, 0.6) is 0 Å². The van der Waals surface area contributed by atoms with Gasteiger partial charge in [-0.3, -0.25) is 4.79 Å². The monoisotopic (exact) mass is 237 g/mol. The number of hydrogen-bond acceptors (Lipinski definition) is 2. The van der Waals surface area contributed by atoms with Crippen molar-refractivity contribution < 1.29 is 14.3 Å². The minimum atomic E-state index is -0.441. The summed E-state index contributed by atoms with van der Waals surface area (Å²) >= 11 is 0. The van der Waals surface area contributed by atoms with Crippen molar-refractivity contribution in [2.45, 2.75) is 25.9 Å². The van der Waals surface area contributed by atoms with Gasteiger partial charge in [0, 0.05) is 13.1 Å². The standard InChI is InChI=1S/C13H16FNO2/c1-9-3-2-4-11(12(9)14)13(17)15-7-5-10(16)6-8-15/h2-4,10,16H,5-8H2,1H3. The van der Waals surface area contributed by atoms with Crippen molar-refractivity contribution >= 4 is 5.91 Å². The average molecular weight is 237 g/mol. The first-order chi connectivity index (χ1) is 8.09. The number of benzene rings is 1. The molecule has 0 atom stereocenters. The Hall–Kier alpha value is -1.42. The van der Waals surface area contributed by atoms with Crippen LogP contribution < -0.4 is 0 Å². The van der Waals surface area contributed by atoms with E-state index in [0.29, 0.717) is 31.5 Å². The molecule has 17 heavy (non-hydrogen) atoms. The third-order valence-electron chi connectivity index (χ3n) is 3.17. The highest BCUT2D eigenvalue weighted by Crippen LogP contribution is 2.17. The van der Waals surface area contributed by atoms with Crippen LogP contribution in [-0.2, 0) is 0 Å². The Labute approximate surface area is 99.9 Å². The number of halogens is 1. The molecule has 0 aliphatic carbocycles. The molecule has 0 saturated carbocycles. The molecule has 3 nitrogen and oxygen atoms in total. The van der Waals surface area contributed by atoms with Gasteiger partial charge in [-0.05, 0) is 31.4 Å². The van der Waals surface area contributed by atoms with Crippen molar-refractivity contribution in [3.63, 3.8) is 0 Å². The number of aliphatic hydroxyl groups is 1. The van der Waals surface area contributed by atoms with E-state index in [2.05, 4.69) is 0 Å². The van der Waals surface area contributed by atoms with Crippen LogP contribution in [-0.4, -0.2) is 35.1 Å². The number of aliphatic hydroxyl groups excluding tert-OH is 1. The quantitative estimate of drug-likeness (QED) is 0.808. The molecule has 92 valence electrons. The van der Waals surface area contributed by atoms with E-state index in [-0.39, 0.29) is 17.6 Å². The lowest BCUT2D eigenvalue weighted by Gasteiger charge is -2.29. The van der Waals surface area contributed by atoms with Crippen molar-refractivity contribution in [1.82, 2.24) is 4.90 Å². The predicted octanol–water partition coefficient (Wildman–Crippen LogP) is 1.73. The van der Waals surface area contributed by atoms with Crippen molar-refractivity contribution in [2.24, 2.45) is 0 Å². The first-order valence-corrected chi connectivity index (χ1v) is 5.82. The van der Waals surface area contributed by atoms with E-state index in [1.165, 1.54) is 6.07 Å². The minimum absolute atomic E-state index is 0.126. The van der Waals surface area contributed by atoms with Crippen LogP contribution >= 0.6 is 0 Å². The van der Waals surface area contributed by atoms with Gasteiger partial charge in [0.05, 0.1) is 11.7 Å². The fraction of sp³-hybridized carbons (Fsp3) is 0.462. The second-order valence-electron chi connectivity index (χ2n) is 4.46. The van der Waals surface area contributed by atoms with Crippen LogP contribution in [0.25, 0.3) is 0 Å². The molecule has 1 aliphatic heterocycles. The van der Waals surface area contributed by atoms with Gasteiger partial charge in [0.25, 0.3) is 5.91 Å². The first-order valence-electron chi connectivity index (χ1n) is 5.82. The zero-order chi connectivity index (χ0) is 12.4. The zero-order valence-electron chi connectivity index (χ0n) is 9.82. The van der Waals surface area contributed by atoms with Crippen LogP contribution in [0.3, 0.4) is 0 Å². The molecular formula is C13H16FNO2. The number of hydrogen-bond donors (Lipinski definition) is 1. The van der Waals surface area contributed by atoms with Gasteiger partial charge in [-0.2, -0.15) is 0 Å². The van der Waals surface area contributed by atoms with E-state index in [1.807, 2.05) is 0 Å². The maximum Gasteiger partial charge on any atom is 0.256 e. The average Bonchev–Trinajstić information content (AvgIpc) is 2.33. The summed E-state index contributed by atoms with van der Waals surface area (Å²) in [4.78, 5) is 13.7. The third-order valence-corrected chi connectivity index (χ3v) is 3.17. The third kappa shape index (κ3) is 2.47. The van der Waals surface area contributed by atoms with E-state index in [1.54, 1.807) is 24.0 Å². The van der Waals surface area contributed by atoms with Crippen molar-refractivity contribution in [1.29, 1.82) is 0 Å². The molecule has 0 bridgehead atoms. The molecule has 1 aliphatic rings. The molecule has 0 aromatic heterocycles. The lowest BCUT2D eigenvalue weighted by atomic mass is 10.1. The summed E-state index contributed by atoms with van der Waals surface area (Å²) in [7, 11) is 0. The molecule has 2 rings (SSSR count). The van der Waals surface area contributed by atoms with E-state index >= 15 is 0 Å². The lowest BCUT2D eigenvalue weighted by molar-refractivity contribution is 0.0542. The number of nitrogens with zero attached hydrogens (tertiary/aromatic N) is 1. The highest BCUT2D eigenvalue weighted by Gasteiger charge is 2.24. The number of likely N-dealkylation sites (tertiary alicyclic amines) is 1. The largest absolute Gasteiger partial charge is 0.393 e. The Bertz CT molecular complexity index is 425. The van der Waals surface area contributed by atoms with Gasteiger partial charge in [0.1, 0.15) is 5.82 Å². The fourth-order valence-corrected chi connectivity index (χ4v) is 2.05. The molecule has 1 saturated heterocycles. The number of rotatable bonds is 1. The van der Waals surface area contributed by atoms with Gasteiger partial charge in [-0.1, -0.05) is 12.1 Å². The van der Waals surface area contributed by atoms with Crippen molar-refractivity contribution in [3.8, 4) is 0 Å². The van der Waals surface area contributed by atoms with Crippen molar-refractivity contribution in [2.75, 3.05) is 13.1 Å². The zero-order valence-corrected chi connectivity index (χ0v) is 9.82. The fourth-order valence-electron chi connectivity index (χ4n) is 2.05. The molecule has 4 heteroatoms. The molecule has 0 unspecified atom stereocenters. The summed E-state index contributed by atoms with van der Waals surface area (Å²) < 4.78 is 13.8. The smallest absolute Gasteiger partial charge is 0.256 e. The summed E-state index contributed by atoms with van der Waals surface area (Å²) in [6, 6.07) is 4.84. The van der Waals surface area contributed by atoms with Gasteiger partial charge >= 0.3 is 0 Å². The molecule has 1 fully saturated rings. The Kier molecular flexibility index (Phi) is 3.43. The summed E-state index contributed by atoms with van der Waals surface area (Å²) in [6.07, 6.45) is 0.805. The molecular weight excluding hydrogens is 221 g/mol. The summed E-state index contributed by atoms with van der Waals surface area (Å²) in [5, 5.41) is 9.37. The summed E-state index contributed by atoms with van der Waals surface area (Å²) in [6.45, 7) is 2.63. The maximum atomic E-state index is 13.8. The Morgan fingerprint density at radius 3 is 2.71 bits per heavy atom. The predicted molar refractivity (Wildman–Crippen MR) is 62.3 cm³/mol. The van der Waals surface area contributed by atoms with Crippen LogP contribution in [0.4, 0.5) is 4.39 Å². The number of carbonyl (C=O) groups excluding carboxylic acids is 1. The number of amides is 1. The second kappa shape index (κ2) is 4.84. The van der Waals surface area contributed by atoms with Gasteiger partial charge in [0.15, 0.2) is 0 Å². The number of piperidine rings is 1. The molecule has 0 spiro atoms. The van der Waals surface area contributed by atoms with Crippen LogP contribution in [0.1, 0.15) is 28.8 Å². The minimum Gasteiger partial charge on any atom is -0.393 e. The molecule has 1 aromatic carbocycles. The summed E-state index contributed by atoms with van der Waals surface area (Å²) in [5.41, 5.74) is 0.606. The highest BCUT2D eigenvalue weighted by atomic mass is 19.1. The summed E-state index contributed by atoms with van der Waals surface area (Å²) in [5.74, 6) is -0.721. The molecule has 1 N–H and O–H groups in total. The van der Waals surface area contributed by atoms with E-state index < -0.39 is 5.82 Å². The number of carbonyl (C=O) groups is 1. The topological polar surface area (TPSA) is 40.5 Å². The molecule has 1 aromatic rings. The Balaban J connectivity index is 2.17. The Morgan fingerprint density at radius 1 is 1.41 bits per heavy atom. The molecule has 1 heterocycles. The lowest BCUT2D eigenvalue weighted by Crippen LogP contribution is -2.40.